The van der Waals surface area contributed by atoms with Crippen molar-refractivity contribution in [3.63, 3.8) is 0 Å². The number of carboxylic acids is 1. The molecular formula is C20H20BrF3N6O4. The molecule has 0 bridgehead atoms. The monoisotopic (exact) mass is 544 g/mol. The number of nitrogens with one attached hydrogen (secondary N) is 3. The van der Waals surface area contributed by atoms with Crippen LogP contribution in [0.25, 0.3) is 0 Å². The normalized spacial score (nSPS) is 15.8. The number of anilines is 4. The van der Waals surface area contributed by atoms with E-state index in [-0.39, 0.29) is 24.3 Å². The van der Waals surface area contributed by atoms with E-state index in [2.05, 4.69) is 46.7 Å². The van der Waals surface area contributed by atoms with Gasteiger partial charge in [-0.1, -0.05) is 22.0 Å². The van der Waals surface area contributed by atoms with Crippen molar-refractivity contribution in [2.75, 3.05) is 40.5 Å². The van der Waals surface area contributed by atoms with Crippen LogP contribution in [-0.4, -0.2) is 58.7 Å². The highest BCUT2D eigenvalue weighted by Gasteiger charge is 2.38. The molecule has 2 aromatic rings. The maximum absolute atomic E-state index is 12.6. The van der Waals surface area contributed by atoms with Crippen LogP contribution in [0.1, 0.15) is 12.8 Å². The number of benzene rings is 1. The molecule has 1 aromatic carbocycles. The molecule has 1 saturated heterocycles. The molecule has 1 fully saturated rings. The van der Waals surface area contributed by atoms with Crippen molar-refractivity contribution in [1.29, 1.82) is 0 Å². The van der Waals surface area contributed by atoms with Crippen molar-refractivity contribution in [1.82, 2.24) is 9.97 Å². The summed E-state index contributed by atoms with van der Waals surface area (Å²) in [6, 6.07) is 7.57. The van der Waals surface area contributed by atoms with Gasteiger partial charge in [0.05, 0.1) is 6.54 Å². The molecule has 0 saturated carbocycles. The second-order valence-electron chi connectivity index (χ2n) is 7.39. The van der Waals surface area contributed by atoms with E-state index in [0.717, 1.165) is 23.0 Å². The SMILES string of the molecule is O=C(O)C(F)(F)F.O=C1CNc2ncnc(N3CCC(C(=O)Nc4cccc(Br)c4)CC3)c2N1. The molecule has 0 unspecified atom stereocenters. The Hall–Kier alpha value is -3.42. The molecule has 2 aliphatic rings. The van der Waals surface area contributed by atoms with Gasteiger partial charge in [0, 0.05) is 29.2 Å². The lowest BCUT2D eigenvalue weighted by atomic mass is 9.95. The number of carbonyl (C=O) groups is 3. The van der Waals surface area contributed by atoms with Gasteiger partial charge in [0.15, 0.2) is 11.6 Å². The molecule has 4 rings (SSSR count). The lowest BCUT2D eigenvalue weighted by Crippen LogP contribution is -2.39. The summed E-state index contributed by atoms with van der Waals surface area (Å²) in [7, 11) is 0. The second-order valence-corrected chi connectivity index (χ2v) is 8.30. The van der Waals surface area contributed by atoms with Crippen LogP contribution < -0.4 is 20.9 Å². The first-order chi connectivity index (χ1) is 16.0. The first-order valence-electron chi connectivity index (χ1n) is 10.0. The zero-order valence-electron chi connectivity index (χ0n) is 17.5. The first kappa shape index (κ1) is 25.2. The third kappa shape index (κ3) is 6.56. The molecule has 4 N–H and O–H groups in total. The van der Waals surface area contributed by atoms with Crippen LogP contribution in [0, 0.1) is 5.92 Å². The van der Waals surface area contributed by atoms with Crippen molar-refractivity contribution in [3.05, 3.63) is 35.1 Å². The molecule has 1 aromatic heterocycles. The molecule has 0 atom stereocenters. The van der Waals surface area contributed by atoms with E-state index in [0.29, 0.717) is 30.4 Å². The van der Waals surface area contributed by atoms with Crippen LogP contribution in [0.4, 0.5) is 36.2 Å². The Bertz CT molecular complexity index is 1080. The molecule has 2 amide bonds. The Balaban J connectivity index is 0.000000406. The molecular weight excluding hydrogens is 525 g/mol. The number of piperidine rings is 1. The van der Waals surface area contributed by atoms with Gasteiger partial charge in [-0.2, -0.15) is 13.2 Å². The molecule has 10 nitrogen and oxygen atoms in total. The topological polar surface area (TPSA) is 137 Å². The first-order valence-corrected chi connectivity index (χ1v) is 10.8. The number of fused-ring (bicyclic) bond motifs is 1. The Labute approximate surface area is 200 Å². The summed E-state index contributed by atoms with van der Waals surface area (Å²) in [5.41, 5.74) is 1.40. The number of alkyl halides is 3. The van der Waals surface area contributed by atoms with Crippen LogP contribution in [0.3, 0.4) is 0 Å². The molecule has 3 heterocycles. The number of halogens is 4. The number of rotatable bonds is 3. The van der Waals surface area contributed by atoms with E-state index in [1.165, 1.54) is 6.33 Å². The highest BCUT2D eigenvalue weighted by atomic mass is 79.9. The highest BCUT2D eigenvalue weighted by Crippen LogP contribution is 2.34. The van der Waals surface area contributed by atoms with Crippen LogP contribution in [0.5, 0.6) is 0 Å². The zero-order chi connectivity index (χ0) is 24.9. The molecule has 0 spiro atoms. The van der Waals surface area contributed by atoms with E-state index >= 15 is 0 Å². The summed E-state index contributed by atoms with van der Waals surface area (Å²) in [4.78, 5) is 43.8. The number of aromatic nitrogens is 2. The Kier molecular flexibility index (Phi) is 7.91. The maximum Gasteiger partial charge on any atom is 0.490 e. The number of carbonyl (C=O) groups excluding carboxylic acids is 2. The maximum atomic E-state index is 12.6. The van der Waals surface area contributed by atoms with Gasteiger partial charge in [0.25, 0.3) is 0 Å². The van der Waals surface area contributed by atoms with Gasteiger partial charge in [-0.15, -0.1) is 0 Å². The zero-order valence-corrected chi connectivity index (χ0v) is 19.1. The van der Waals surface area contributed by atoms with Gasteiger partial charge >= 0.3 is 12.1 Å². The van der Waals surface area contributed by atoms with Crippen LogP contribution in [0.2, 0.25) is 0 Å². The van der Waals surface area contributed by atoms with Crippen LogP contribution >= 0.6 is 15.9 Å². The summed E-state index contributed by atoms with van der Waals surface area (Å²) < 4.78 is 32.7. The number of aliphatic carboxylic acids is 1. The van der Waals surface area contributed by atoms with Gasteiger partial charge in [-0.05, 0) is 31.0 Å². The van der Waals surface area contributed by atoms with E-state index in [1.807, 2.05) is 24.3 Å². The second kappa shape index (κ2) is 10.7. The van der Waals surface area contributed by atoms with Crippen molar-refractivity contribution in [3.8, 4) is 0 Å². The Morgan fingerprint density at radius 3 is 2.50 bits per heavy atom. The van der Waals surface area contributed by atoms with E-state index in [1.54, 1.807) is 0 Å². The van der Waals surface area contributed by atoms with Gasteiger partial charge in [0.1, 0.15) is 12.0 Å². The largest absolute Gasteiger partial charge is 0.490 e. The molecule has 14 heteroatoms. The minimum atomic E-state index is -5.08. The lowest BCUT2D eigenvalue weighted by molar-refractivity contribution is -0.192. The predicted molar refractivity (Wildman–Crippen MR) is 121 cm³/mol. The molecule has 182 valence electrons. The summed E-state index contributed by atoms with van der Waals surface area (Å²) in [6.45, 7) is 1.59. The van der Waals surface area contributed by atoms with Crippen LogP contribution in [0.15, 0.2) is 35.1 Å². The van der Waals surface area contributed by atoms with Crippen molar-refractivity contribution >= 4 is 56.7 Å². The number of hydrogen-bond acceptors (Lipinski definition) is 7. The van der Waals surface area contributed by atoms with Gasteiger partial charge in [-0.25, -0.2) is 14.8 Å². The number of nitrogens with zero attached hydrogens (tertiary/aromatic N) is 3. The summed E-state index contributed by atoms with van der Waals surface area (Å²) in [5.74, 6) is -1.55. The average molecular weight is 545 g/mol. The molecule has 34 heavy (non-hydrogen) atoms. The summed E-state index contributed by atoms with van der Waals surface area (Å²) >= 11 is 3.41. The minimum absolute atomic E-state index is 0.0347. The van der Waals surface area contributed by atoms with Gasteiger partial charge < -0.3 is 26.0 Å². The van der Waals surface area contributed by atoms with E-state index in [4.69, 9.17) is 9.90 Å². The third-order valence-electron chi connectivity index (χ3n) is 5.01. The van der Waals surface area contributed by atoms with E-state index in [9.17, 15) is 22.8 Å². The smallest absolute Gasteiger partial charge is 0.475 e. The predicted octanol–water partition coefficient (Wildman–Crippen LogP) is 3.09. The fourth-order valence-corrected chi connectivity index (χ4v) is 3.78. The van der Waals surface area contributed by atoms with Crippen LogP contribution in [-0.2, 0) is 14.4 Å². The van der Waals surface area contributed by atoms with Gasteiger partial charge in [0.2, 0.25) is 11.8 Å². The minimum Gasteiger partial charge on any atom is -0.475 e. The van der Waals surface area contributed by atoms with Crippen molar-refractivity contribution in [2.45, 2.75) is 19.0 Å². The molecule has 0 aliphatic carbocycles. The fraction of sp³-hybridized carbons (Fsp3) is 0.350. The number of carboxylic acid groups (broad SMARTS) is 1. The Morgan fingerprint density at radius 1 is 1.21 bits per heavy atom. The van der Waals surface area contributed by atoms with E-state index < -0.39 is 12.1 Å². The lowest BCUT2D eigenvalue weighted by Gasteiger charge is -2.34. The quantitative estimate of drug-likeness (QED) is 0.462. The standard InChI is InChI=1S/C18H19BrN6O2.C2HF3O2/c19-12-2-1-3-13(8-12)23-18(27)11-4-6-25(7-5-11)17-15-16(21-10-22-17)20-9-14(26)24-15;3-2(4,5)1(6)7/h1-3,8,10-11H,4-7,9H2,(H,23,27)(H,24,26)(H,20,21,22);(H,6,7). The summed E-state index contributed by atoms with van der Waals surface area (Å²) in [6.07, 6.45) is -2.15. The van der Waals surface area contributed by atoms with Gasteiger partial charge in [-0.3, -0.25) is 9.59 Å². The fourth-order valence-electron chi connectivity index (χ4n) is 3.38. The summed E-state index contributed by atoms with van der Waals surface area (Å²) in [5, 5.41) is 15.9. The average Bonchev–Trinajstić information content (AvgIpc) is 2.78. The molecule has 0 radical (unpaired) electrons. The Morgan fingerprint density at radius 2 is 1.88 bits per heavy atom. The third-order valence-corrected chi connectivity index (χ3v) is 5.50. The van der Waals surface area contributed by atoms with Crippen molar-refractivity contribution < 1.29 is 32.7 Å². The van der Waals surface area contributed by atoms with Crippen molar-refractivity contribution in [2.24, 2.45) is 5.92 Å². The molecule has 2 aliphatic heterocycles. The highest BCUT2D eigenvalue weighted by molar-refractivity contribution is 9.10. The number of hydrogen-bond donors (Lipinski definition) is 4. The number of amides is 2.